The fraction of sp³-hybridized carbons (Fsp3) is 0.0541. The van der Waals surface area contributed by atoms with Gasteiger partial charge >= 0.3 is 14.2 Å². The zero-order valence-electron chi connectivity index (χ0n) is 74.4. The number of nitrogen functional groups attached to an aromatic ring is 2. The van der Waals surface area contributed by atoms with Crippen LogP contribution in [0.2, 0.25) is 40.3 Å². The lowest BCUT2D eigenvalue weighted by Gasteiger charge is -2.32. The van der Waals surface area contributed by atoms with E-state index in [2.05, 4.69) is 155 Å². The molecule has 10 heterocycles. The van der Waals surface area contributed by atoms with Crippen LogP contribution in [-0.4, -0.2) is 96.7 Å². The highest BCUT2D eigenvalue weighted by Crippen LogP contribution is 2.43. The minimum absolute atomic E-state index is 0.257. The fourth-order valence-corrected chi connectivity index (χ4v) is 18.7. The summed E-state index contributed by atoms with van der Waals surface area (Å²) in [6.07, 6.45) is 1.50. The van der Waals surface area contributed by atoms with Crippen molar-refractivity contribution in [1.82, 2.24) is 48.7 Å². The number of rotatable bonds is 7. The SMILES string of the molecule is CC1(C)OB(c2ccc3c4cc5ccccc5cc4c4nc5ccccc5n4c3c2)OC1(C)C.Clc1ccc(-c2nc3ccccc3cc2-c2nc3ccccc3[nH]2)c(Cl)c1.Clc1ccc2c3nc4ccccc4cc3c3nc4ccccc4n3c2c1.Nc1ccccc1N.O=Cc1cc2ccccc2nc1-c1ccc(Cl)cc1Cl.O=Cc1cc2ccccc2nc1Cl.OB(O)c1ccc(Cl)cc1Cl. The van der Waals surface area contributed by atoms with Crippen molar-refractivity contribution in [3.63, 3.8) is 0 Å². The van der Waals surface area contributed by atoms with E-state index >= 15 is 0 Å². The van der Waals surface area contributed by atoms with E-state index in [1.807, 2.05) is 182 Å². The van der Waals surface area contributed by atoms with Gasteiger partial charge in [0, 0.05) is 95.9 Å². The second-order valence-corrected chi connectivity index (χ2v) is 37.2. The number of halogens is 8. The molecule has 18 nitrogen and oxygen atoms in total. The Morgan fingerprint density at radius 1 is 0.345 bits per heavy atom. The number of fused-ring (bicyclic) bond motifs is 22. The van der Waals surface area contributed by atoms with Crippen molar-refractivity contribution in [2.75, 3.05) is 11.5 Å². The van der Waals surface area contributed by atoms with Gasteiger partial charge in [-0.05, 0) is 231 Å². The summed E-state index contributed by atoms with van der Waals surface area (Å²) in [5, 5.41) is 33.4. The zero-order chi connectivity index (χ0) is 96.7. The van der Waals surface area contributed by atoms with Crippen molar-refractivity contribution in [3.8, 4) is 33.9 Å². The summed E-state index contributed by atoms with van der Waals surface area (Å²) >= 11 is 48.0. The maximum Gasteiger partial charge on any atom is 0.494 e. The number of aromatic nitrogens is 10. The van der Waals surface area contributed by atoms with Crippen molar-refractivity contribution in [2.45, 2.75) is 38.9 Å². The van der Waals surface area contributed by atoms with E-state index in [9.17, 15) is 9.59 Å². The van der Waals surface area contributed by atoms with Gasteiger partial charge in [-0.25, -0.2) is 34.9 Å². The van der Waals surface area contributed by atoms with Gasteiger partial charge in [0.2, 0.25) is 0 Å². The van der Waals surface area contributed by atoms with Crippen molar-refractivity contribution < 1.29 is 28.9 Å². The average Bonchev–Trinajstić information content (AvgIpc) is 1.61. The van der Waals surface area contributed by atoms with Crippen LogP contribution in [0.5, 0.6) is 0 Å². The van der Waals surface area contributed by atoms with Crippen LogP contribution in [-0.2, 0) is 9.31 Å². The Morgan fingerprint density at radius 3 is 1.30 bits per heavy atom. The number of carbonyl (C=O) groups excluding carboxylic acids is 2. The van der Waals surface area contributed by atoms with Crippen LogP contribution in [0, 0.1) is 0 Å². The van der Waals surface area contributed by atoms with Crippen LogP contribution >= 0.6 is 92.8 Å². The molecular formula is C111H78B2Cl8N12O6. The third kappa shape index (κ3) is 19.3. The highest BCUT2D eigenvalue weighted by atomic mass is 35.5. The minimum atomic E-state index is -1.54. The number of imidazole rings is 3. The topological polar surface area (TPSA) is 260 Å². The molecule has 25 rings (SSSR count). The van der Waals surface area contributed by atoms with Crippen molar-refractivity contribution in [2.24, 2.45) is 0 Å². The lowest BCUT2D eigenvalue weighted by molar-refractivity contribution is 0.00578. The van der Waals surface area contributed by atoms with E-state index in [0.29, 0.717) is 70.2 Å². The van der Waals surface area contributed by atoms with Gasteiger partial charge in [-0.1, -0.05) is 257 Å². The number of aromatic amines is 1. The maximum absolute atomic E-state index is 11.3. The number of benzene rings is 15. The molecule has 680 valence electrons. The number of carbonyl (C=O) groups is 2. The van der Waals surface area contributed by atoms with Gasteiger partial charge in [0.1, 0.15) is 22.3 Å². The first kappa shape index (κ1) is 93.8. The number of nitrogens with one attached hydrogen (secondary N) is 1. The Labute approximate surface area is 836 Å². The minimum Gasteiger partial charge on any atom is -0.423 e. The normalized spacial score (nSPS) is 12.5. The molecule has 28 heteroatoms. The monoisotopic (exact) mass is 1980 g/mol. The number of nitrogens with zero attached hydrogens (tertiary/aromatic N) is 9. The van der Waals surface area contributed by atoms with Gasteiger partial charge < -0.3 is 35.8 Å². The molecule has 0 saturated carbocycles. The molecule has 1 fully saturated rings. The highest BCUT2D eigenvalue weighted by Gasteiger charge is 2.52. The van der Waals surface area contributed by atoms with Crippen molar-refractivity contribution in [1.29, 1.82) is 0 Å². The standard InChI is InChI=1S/C29H25BN2O2.C22H13Cl2N3.C22H12ClN3.C16H9Cl2NO.C10H6ClNO.C6H5BCl2O2.C6H8N2/c1-28(2)29(3,4)34-30(33-28)20-13-14-21-22-15-18-9-5-6-10-19(18)16-23(22)27-31-24-11-7-8-12-25(24)32(27)26(21)17-20;23-14-9-10-15(17(24)12-14)21-16(11-13-5-1-2-6-18(13)25-21)22-26-19-7-3-4-8-20(19)27-22;23-14-9-10-15-20(12-14)26-19-8-4-3-7-18(19)25-22(26)16-11-13-5-1-2-6-17(13)24-21(15)16;17-12-5-6-13(14(18)8-12)16-11(9-20)7-10-3-1-2-4-15(10)19-16;11-10-8(6-13)5-7-3-1-2-4-9(7)12-10;8-4-1-2-5(7(10)11)6(9)3-4;7-5-3-1-2-4-6(5)8/h5-17H,1-4H3;1-12H,(H,26,27);1-12H;1-9H;1-6H;1-3,10-11H;1-4H,7-8H2. The molecule has 15 aromatic carbocycles. The summed E-state index contributed by atoms with van der Waals surface area (Å²) in [6, 6.07) is 112. The van der Waals surface area contributed by atoms with Gasteiger partial charge in [0.15, 0.2) is 12.6 Å². The second-order valence-electron chi connectivity index (χ2n) is 33.9. The smallest absolute Gasteiger partial charge is 0.423 e. The van der Waals surface area contributed by atoms with Crippen LogP contribution in [0.25, 0.3) is 176 Å². The fourth-order valence-electron chi connectivity index (χ4n) is 16.8. The molecule has 0 radical (unpaired) electrons. The quantitative estimate of drug-likeness (QED) is 0.0248. The van der Waals surface area contributed by atoms with Crippen LogP contribution in [0.15, 0.2) is 346 Å². The molecule has 0 spiro atoms. The molecule has 0 amide bonds. The molecule has 9 aromatic heterocycles. The van der Waals surface area contributed by atoms with Gasteiger partial charge in [-0.15, -0.1) is 0 Å². The molecule has 1 aliphatic heterocycles. The molecule has 7 N–H and O–H groups in total. The summed E-state index contributed by atoms with van der Waals surface area (Å²) in [7, 11) is -1.95. The molecule has 0 bridgehead atoms. The summed E-state index contributed by atoms with van der Waals surface area (Å²) in [5.74, 6) is 0.760. The number of para-hydroxylation sites is 12. The van der Waals surface area contributed by atoms with Crippen molar-refractivity contribution in [3.05, 3.63) is 397 Å². The van der Waals surface area contributed by atoms with Crippen LogP contribution in [0.4, 0.5) is 11.4 Å². The number of anilines is 2. The van der Waals surface area contributed by atoms with E-state index in [1.54, 1.807) is 48.5 Å². The predicted molar refractivity (Wildman–Crippen MR) is 578 cm³/mol. The average molecular weight is 1980 g/mol. The van der Waals surface area contributed by atoms with Crippen LogP contribution in [0.1, 0.15) is 48.4 Å². The highest BCUT2D eigenvalue weighted by molar-refractivity contribution is 6.63. The lowest BCUT2D eigenvalue weighted by Crippen LogP contribution is -2.41. The van der Waals surface area contributed by atoms with Gasteiger partial charge in [-0.3, -0.25) is 18.4 Å². The molecule has 0 aliphatic carbocycles. The molecule has 0 unspecified atom stereocenters. The zero-order valence-corrected chi connectivity index (χ0v) is 80.5. The van der Waals surface area contributed by atoms with E-state index in [1.165, 1.54) is 33.7 Å². The van der Waals surface area contributed by atoms with E-state index in [0.717, 1.165) is 155 Å². The number of hydrogen-bond acceptors (Lipinski definition) is 15. The first-order chi connectivity index (χ1) is 67.2. The Kier molecular flexibility index (Phi) is 26.8. The molecule has 1 saturated heterocycles. The Bertz CT molecular complexity index is 8910. The number of nitrogens with two attached hydrogens (primary N) is 2. The Hall–Kier alpha value is -14.2. The van der Waals surface area contributed by atoms with Crippen LogP contribution < -0.4 is 22.4 Å². The van der Waals surface area contributed by atoms with Gasteiger partial charge in [-0.2, -0.15) is 0 Å². The molecule has 1 aliphatic rings. The first-order valence-corrected chi connectivity index (χ1v) is 47.0. The first-order valence-electron chi connectivity index (χ1n) is 43.9. The molecule has 139 heavy (non-hydrogen) atoms. The van der Waals surface area contributed by atoms with Gasteiger partial charge in [0.25, 0.3) is 0 Å². The van der Waals surface area contributed by atoms with Crippen LogP contribution in [0.3, 0.4) is 0 Å². The Morgan fingerprint density at radius 2 is 0.763 bits per heavy atom. The maximum atomic E-state index is 11.3. The Balaban J connectivity index is 0.000000108. The third-order valence-corrected chi connectivity index (χ3v) is 26.6. The van der Waals surface area contributed by atoms with Gasteiger partial charge in [0.05, 0.1) is 121 Å². The number of aldehydes is 2. The summed E-state index contributed by atoms with van der Waals surface area (Å²) < 4.78 is 17.2. The largest absolute Gasteiger partial charge is 0.494 e. The van der Waals surface area contributed by atoms with E-state index in [4.69, 9.17) is 149 Å². The molecular weight excluding hydrogens is 1900 g/mol. The molecule has 24 aromatic rings. The number of H-pyrrole nitrogens is 1. The lowest BCUT2D eigenvalue weighted by atomic mass is 9.78. The summed E-state index contributed by atoms with van der Waals surface area (Å²) in [4.78, 5) is 58.5. The van der Waals surface area contributed by atoms with Crippen molar-refractivity contribution >= 4 is 284 Å². The molecule has 0 atom stereocenters. The van der Waals surface area contributed by atoms with E-state index in [-0.39, 0.29) is 26.8 Å². The van der Waals surface area contributed by atoms with E-state index < -0.39 is 14.2 Å². The second kappa shape index (κ2) is 39.7. The summed E-state index contributed by atoms with van der Waals surface area (Å²) in [6.45, 7) is 8.37. The number of hydrogen-bond donors (Lipinski definition) is 5. The number of pyridine rings is 6. The third-order valence-electron chi connectivity index (χ3n) is 24.4. The summed E-state index contributed by atoms with van der Waals surface area (Å²) in [5.41, 5.74) is 31.8. The predicted octanol–water partition coefficient (Wildman–Crippen LogP) is 28.2.